The van der Waals surface area contributed by atoms with Gasteiger partial charge in [-0.3, -0.25) is 10.4 Å². The van der Waals surface area contributed by atoms with Gasteiger partial charge in [0.2, 0.25) is 0 Å². The summed E-state index contributed by atoms with van der Waals surface area (Å²) in [6.45, 7) is 5.40. The van der Waals surface area contributed by atoms with Crippen LogP contribution in [0.5, 0.6) is 0 Å². The average Bonchev–Trinajstić information content (AvgIpc) is 2.58. The van der Waals surface area contributed by atoms with Crippen LogP contribution in [0.2, 0.25) is 0 Å². The van der Waals surface area contributed by atoms with Crippen molar-refractivity contribution in [1.29, 1.82) is 0 Å². The van der Waals surface area contributed by atoms with E-state index in [0.29, 0.717) is 16.1 Å². The van der Waals surface area contributed by atoms with Gasteiger partial charge in [-0.05, 0) is 32.9 Å². The van der Waals surface area contributed by atoms with Gasteiger partial charge < -0.3 is 4.74 Å². The Morgan fingerprint density at radius 3 is 2.89 bits per heavy atom. The molecule has 0 aliphatic heterocycles. The number of ether oxygens (including phenoxy) is 1. The lowest BCUT2D eigenvalue weighted by molar-refractivity contribution is 0.0635. The lowest BCUT2D eigenvalue weighted by atomic mass is 10.2. The van der Waals surface area contributed by atoms with E-state index >= 15 is 0 Å². The van der Waals surface area contributed by atoms with Crippen LogP contribution in [-0.4, -0.2) is 26.3 Å². The minimum atomic E-state index is -0.544. The molecule has 96 valence electrons. The minimum Gasteiger partial charge on any atom is -0.444 e. The zero-order valence-corrected chi connectivity index (χ0v) is 11.2. The number of hydrogen-bond donors (Lipinski definition) is 2. The summed E-state index contributed by atoms with van der Waals surface area (Å²) in [6.07, 6.45) is 0.998. The molecule has 0 aliphatic rings. The van der Waals surface area contributed by atoms with E-state index in [1.807, 2.05) is 0 Å². The monoisotopic (exact) mass is 266 g/mol. The number of aromatic amines is 1. The lowest BCUT2D eigenvalue weighted by Gasteiger charge is -2.19. The molecule has 0 fully saturated rings. The van der Waals surface area contributed by atoms with Gasteiger partial charge in [0.05, 0.1) is 6.20 Å². The molecule has 7 heteroatoms. The Bertz CT molecular complexity index is 638. The van der Waals surface area contributed by atoms with Crippen molar-refractivity contribution < 1.29 is 9.53 Å². The molecule has 0 spiro atoms. The third kappa shape index (κ3) is 2.86. The molecule has 2 rings (SSSR count). The highest BCUT2D eigenvalue weighted by Crippen LogP contribution is 2.12. The maximum atomic E-state index is 11.6. The summed E-state index contributed by atoms with van der Waals surface area (Å²) in [5, 5.41) is 5.52. The number of rotatable bonds is 1. The highest BCUT2D eigenvalue weighted by molar-refractivity contribution is 7.71. The number of carbonyl (C=O) groups excluding carboxylic acids is 1. The van der Waals surface area contributed by atoms with Crippen LogP contribution in [0.4, 0.5) is 10.6 Å². The molecule has 1 amide bonds. The highest BCUT2D eigenvalue weighted by atomic mass is 32.1. The van der Waals surface area contributed by atoms with Gasteiger partial charge in [-0.1, -0.05) is 12.2 Å². The van der Waals surface area contributed by atoms with Gasteiger partial charge in [-0.25, -0.2) is 14.3 Å². The number of nitrogens with one attached hydrogen (secondary N) is 2. The molecule has 0 aromatic carbocycles. The number of anilines is 1. The van der Waals surface area contributed by atoms with Gasteiger partial charge in [-0.2, -0.15) is 0 Å². The molecular formula is C11H14N4O2S. The molecule has 0 saturated carbocycles. The Labute approximate surface area is 109 Å². The van der Waals surface area contributed by atoms with Crippen molar-refractivity contribution in [3.05, 3.63) is 23.0 Å². The summed E-state index contributed by atoms with van der Waals surface area (Å²) in [5.74, 6) is 0.478. The smallest absolute Gasteiger partial charge is 0.413 e. The first-order valence-corrected chi connectivity index (χ1v) is 5.83. The number of nitrogens with zero attached hydrogens (tertiary/aromatic N) is 2. The van der Waals surface area contributed by atoms with E-state index in [4.69, 9.17) is 17.0 Å². The van der Waals surface area contributed by atoms with Crippen molar-refractivity contribution in [3.63, 3.8) is 0 Å². The second kappa shape index (κ2) is 4.41. The quantitative estimate of drug-likeness (QED) is 0.778. The van der Waals surface area contributed by atoms with Crippen LogP contribution < -0.4 is 5.32 Å². The Balaban J connectivity index is 2.24. The zero-order valence-electron chi connectivity index (χ0n) is 10.4. The predicted octanol–water partition coefficient (Wildman–Crippen LogP) is 2.74. The van der Waals surface area contributed by atoms with Crippen LogP contribution in [-0.2, 0) is 4.74 Å². The molecule has 2 aromatic rings. The van der Waals surface area contributed by atoms with Crippen molar-refractivity contribution in [1.82, 2.24) is 14.6 Å². The minimum absolute atomic E-state index is 0.478. The standard InChI is InChI=1S/C11H14N4O2S/c1-11(2,3)17-10(16)13-8-6-12-7-4-5-9(18)14-15(7)8/h4-6H,1-3H3,(H,13,16)(H,14,18). The summed E-state index contributed by atoms with van der Waals surface area (Å²) in [4.78, 5) is 15.8. The van der Waals surface area contributed by atoms with Gasteiger partial charge in [0, 0.05) is 0 Å². The molecule has 0 atom stereocenters. The van der Waals surface area contributed by atoms with Crippen LogP contribution in [0, 0.1) is 4.64 Å². The van der Waals surface area contributed by atoms with E-state index in [9.17, 15) is 4.79 Å². The number of hydrogen-bond acceptors (Lipinski definition) is 4. The molecule has 2 N–H and O–H groups in total. The van der Waals surface area contributed by atoms with Crippen molar-refractivity contribution >= 4 is 29.8 Å². The van der Waals surface area contributed by atoms with Gasteiger partial charge in [0.25, 0.3) is 0 Å². The fourth-order valence-corrected chi connectivity index (χ4v) is 1.55. The first-order valence-electron chi connectivity index (χ1n) is 5.42. The second-order valence-electron chi connectivity index (χ2n) is 4.77. The topological polar surface area (TPSA) is 71.4 Å². The van der Waals surface area contributed by atoms with Gasteiger partial charge in [-0.15, -0.1) is 0 Å². The number of fused-ring (bicyclic) bond motifs is 1. The Morgan fingerprint density at radius 2 is 2.22 bits per heavy atom. The van der Waals surface area contributed by atoms with Crippen molar-refractivity contribution in [2.75, 3.05) is 5.32 Å². The largest absolute Gasteiger partial charge is 0.444 e. The number of amides is 1. The SMILES string of the molecule is CC(C)(C)OC(=O)Nc1cnc2ccc(=S)[nH]n12. The number of carbonyl (C=O) groups is 1. The second-order valence-corrected chi connectivity index (χ2v) is 5.21. The van der Waals surface area contributed by atoms with Gasteiger partial charge in [0.15, 0.2) is 11.5 Å². The third-order valence-electron chi connectivity index (χ3n) is 2.02. The first kappa shape index (κ1) is 12.6. The Kier molecular flexibility index (Phi) is 3.08. The van der Waals surface area contributed by atoms with E-state index in [2.05, 4.69) is 15.4 Å². The Hall–Kier alpha value is -1.89. The summed E-state index contributed by atoms with van der Waals surface area (Å²) >= 11 is 5.02. The molecule has 0 aliphatic carbocycles. The molecular weight excluding hydrogens is 252 g/mol. The summed E-state index contributed by atoms with van der Waals surface area (Å²) in [6, 6.07) is 3.49. The van der Waals surface area contributed by atoms with Crippen molar-refractivity contribution in [2.45, 2.75) is 26.4 Å². The van der Waals surface area contributed by atoms with Gasteiger partial charge >= 0.3 is 6.09 Å². The Morgan fingerprint density at radius 1 is 1.50 bits per heavy atom. The summed E-state index contributed by atoms with van der Waals surface area (Å²) < 4.78 is 7.30. The number of H-pyrrole nitrogens is 1. The zero-order chi connectivity index (χ0) is 13.3. The van der Waals surface area contributed by atoms with Crippen LogP contribution in [0.25, 0.3) is 5.65 Å². The third-order valence-corrected chi connectivity index (χ3v) is 2.25. The maximum absolute atomic E-state index is 11.6. The first-order chi connectivity index (χ1) is 8.35. The van der Waals surface area contributed by atoms with Crippen LogP contribution in [0.1, 0.15) is 20.8 Å². The van der Waals surface area contributed by atoms with Gasteiger partial charge in [0.1, 0.15) is 10.2 Å². The van der Waals surface area contributed by atoms with E-state index in [0.717, 1.165) is 0 Å². The number of aromatic nitrogens is 3. The highest BCUT2D eigenvalue weighted by Gasteiger charge is 2.17. The van der Waals surface area contributed by atoms with Crippen LogP contribution in [0.3, 0.4) is 0 Å². The van der Waals surface area contributed by atoms with Crippen molar-refractivity contribution in [2.24, 2.45) is 0 Å². The molecule has 18 heavy (non-hydrogen) atoms. The summed E-state index contributed by atoms with van der Waals surface area (Å²) in [5.41, 5.74) is 0.118. The molecule has 2 heterocycles. The molecule has 6 nitrogen and oxygen atoms in total. The molecule has 0 saturated heterocycles. The molecule has 0 unspecified atom stereocenters. The lowest BCUT2D eigenvalue weighted by Crippen LogP contribution is -2.27. The molecule has 0 radical (unpaired) electrons. The number of imidazole rings is 1. The fourth-order valence-electron chi connectivity index (χ4n) is 1.40. The average molecular weight is 266 g/mol. The van der Waals surface area contributed by atoms with E-state index < -0.39 is 11.7 Å². The molecule has 0 bridgehead atoms. The normalized spacial score (nSPS) is 11.5. The fraction of sp³-hybridized carbons (Fsp3) is 0.364. The van der Waals surface area contributed by atoms with Crippen LogP contribution in [0.15, 0.2) is 18.3 Å². The van der Waals surface area contributed by atoms with E-state index in [-0.39, 0.29) is 0 Å². The van der Waals surface area contributed by atoms with Crippen molar-refractivity contribution in [3.8, 4) is 0 Å². The van der Waals surface area contributed by atoms with E-state index in [1.165, 1.54) is 6.20 Å². The maximum Gasteiger partial charge on any atom is 0.413 e. The summed E-state index contributed by atoms with van der Waals surface area (Å²) in [7, 11) is 0. The van der Waals surface area contributed by atoms with Crippen LogP contribution >= 0.6 is 12.2 Å². The predicted molar refractivity (Wildman–Crippen MR) is 70.2 cm³/mol. The van der Waals surface area contributed by atoms with E-state index in [1.54, 1.807) is 37.4 Å². The molecule has 2 aromatic heterocycles.